The van der Waals surface area contributed by atoms with Gasteiger partial charge in [0.25, 0.3) is 0 Å². The Morgan fingerprint density at radius 3 is 2.48 bits per heavy atom. The van der Waals surface area contributed by atoms with Gasteiger partial charge in [-0.15, -0.1) is 0 Å². The summed E-state index contributed by atoms with van der Waals surface area (Å²) in [4.78, 5) is 11.6. The lowest BCUT2D eigenvalue weighted by Crippen LogP contribution is -2.08. The maximum absolute atomic E-state index is 14.2. The Morgan fingerprint density at radius 1 is 0.939 bits per heavy atom. The molecule has 0 saturated carbocycles. The third-order valence-electron chi connectivity index (χ3n) is 4.91. The van der Waals surface area contributed by atoms with Gasteiger partial charge in [-0.05, 0) is 48.7 Å². The SMILES string of the molecule is Cc1cc(CCNc2ncnc3c(F)ccc(F)c23)ccc1Oc1cc(C(F)(F)F)ccn1. The Labute approximate surface area is 185 Å². The van der Waals surface area contributed by atoms with Crippen LogP contribution in [0.3, 0.4) is 0 Å². The van der Waals surface area contributed by atoms with Crippen molar-refractivity contribution in [3.63, 3.8) is 0 Å². The molecule has 0 bridgehead atoms. The fraction of sp³-hybridized carbons (Fsp3) is 0.174. The molecule has 0 aliphatic carbocycles. The maximum Gasteiger partial charge on any atom is 0.416 e. The lowest BCUT2D eigenvalue weighted by atomic mass is 10.1. The normalized spacial score (nSPS) is 11.6. The third-order valence-corrected chi connectivity index (χ3v) is 4.91. The van der Waals surface area contributed by atoms with Crippen molar-refractivity contribution in [1.29, 1.82) is 0 Å². The van der Waals surface area contributed by atoms with E-state index in [9.17, 15) is 22.0 Å². The largest absolute Gasteiger partial charge is 0.439 e. The van der Waals surface area contributed by atoms with Gasteiger partial charge in [-0.25, -0.2) is 23.7 Å². The molecule has 0 unspecified atom stereocenters. The van der Waals surface area contributed by atoms with Gasteiger partial charge in [-0.2, -0.15) is 13.2 Å². The number of hydrogen-bond acceptors (Lipinski definition) is 5. The van der Waals surface area contributed by atoms with Crippen molar-refractivity contribution >= 4 is 16.7 Å². The van der Waals surface area contributed by atoms with Crippen LogP contribution in [0.4, 0.5) is 27.8 Å². The summed E-state index contributed by atoms with van der Waals surface area (Å²) in [5.41, 5.74) is 0.649. The highest BCUT2D eigenvalue weighted by molar-refractivity contribution is 5.89. The van der Waals surface area contributed by atoms with E-state index in [1.54, 1.807) is 19.1 Å². The minimum absolute atomic E-state index is 0.0222. The van der Waals surface area contributed by atoms with Crippen LogP contribution in [-0.4, -0.2) is 21.5 Å². The van der Waals surface area contributed by atoms with Gasteiger partial charge in [0, 0.05) is 18.8 Å². The molecule has 0 fully saturated rings. The third kappa shape index (κ3) is 5.00. The van der Waals surface area contributed by atoms with Crippen LogP contribution in [0, 0.1) is 18.6 Å². The highest BCUT2D eigenvalue weighted by Gasteiger charge is 2.31. The molecule has 10 heteroatoms. The Kier molecular flexibility index (Phi) is 6.08. The number of halogens is 5. The van der Waals surface area contributed by atoms with E-state index in [1.807, 2.05) is 6.07 Å². The first kappa shape index (κ1) is 22.4. The second-order valence-corrected chi connectivity index (χ2v) is 7.23. The molecule has 0 aliphatic rings. The number of pyridine rings is 1. The van der Waals surface area contributed by atoms with Crippen LogP contribution in [0.5, 0.6) is 11.6 Å². The summed E-state index contributed by atoms with van der Waals surface area (Å²) in [6, 6.07) is 8.96. The van der Waals surface area contributed by atoms with Crippen LogP contribution in [-0.2, 0) is 12.6 Å². The van der Waals surface area contributed by atoms with Crippen LogP contribution in [0.15, 0.2) is 55.0 Å². The number of aryl methyl sites for hydroxylation is 1. The van der Waals surface area contributed by atoms with Crippen molar-refractivity contribution in [2.24, 2.45) is 0 Å². The Morgan fingerprint density at radius 2 is 1.73 bits per heavy atom. The highest BCUT2D eigenvalue weighted by Crippen LogP contribution is 2.32. The van der Waals surface area contributed by atoms with E-state index in [1.165, 1.54) is 0 Å². The van der Waals surface area contributed by atoms with E-state index in [0.29, 0.717) is 24.3 Å². The number of alkyl halides is 3. The van der Waals surface area contributed by atoms with Gasteiger partial charge in [0.15, 0.2) is 0 Å². The van der Waals surface area contributed by atoms with E-state index in [4.69, 9.17) is 4.74 Å². The highest BCUT2D eigenvalue weighted by atomic mass is 19.4. The first-order chi connectivity index (χ1) is 15.7. The zero-order valence-electron chi connectivity index (χ0n) is 17.3. The van der Waals surface area contributed by atoms with Crippen LogP contribution < -0.4 is 10.1 Å². The smallest absolute Gasteiger partial charge is 0.416 e. The maximum atomic E-state index is 14.2. The average molecular weight is 460 g/mol. The lowest BCUT2D eigenvalue weighted by molar-refractivity contribution is -0.137. The van der Waals surface area contributed by atoms with Crippen LogP contribution in [0.25, 0.3) is 10.9 Å². The first-order valence-electron chi connectivity index (χ1n) is 9.85. The lowest BCUT2D eigenvalue weighted by Gasteiger charge is -2.12. The molecule has 0 spiro atoms. The monoisotopic (exact) mass is 460 g/mol. The Balaban J connectivity index is 1.44. The number of hydrogen-bond donors (Lipinski definition) is 1. The van der Waals surface area contributed by atoms with Gasteiger partial charge >= 0.3 is 6.18 Å². The second-order valence-electron chi connectivity index (χ2n) is 7.23. The summed E-state index contributed by atoms with van der Waals surface area (Å²) < 4.78 is 72.2. The summed E-state index contributed by atoms with van der Waals surface area (Å²) in [7, 11) is 0. The van der Waals surface area contributed by atoms with E-state index in [-0.39, 0.29) is 22.6 Å². The number of rotatable bonds is 6. The summed E-state index contributed by atoms with van der Waals surface area (Å²) in [5, 5.41) is 2.97. The van der Waals surface area contributed by atoms with E-state index < -0.39 is 23.4 Å². The van der Waals surface area contributed by atoms with Gasteiger partial charge in [-0.1, -0.05) is 12.1 Å². The quantitative estimate of drug-likeness (QED) is 0.354. The Hall–Kier alpha value is -3.82. The van der Waals surface area contributed by atoms with Crippen LogP contribution in [0.1, 0.15) is 16.7 Å². The average Bonchev–Trinajstić information content (AvgIpc) is 2.78. The fourth-order valence-corrected chi connectivity index (χ4v) is 3.30. The summed E-state index contributed by atoms with van der Waals surface area (Å²) in [6.07, 6.45) is -1.77. The number of fused-ring (bicyclic) bond motifs is 1. The molecule has 2 aromatic heterocycles. The molecule has 1 N–H and O–H groups in total. The first-order valence-corrected chi connectivity index (χ1v) is 9.85. The predicted molar refractivity (Wildman–Crippen MR) is 112 cm³/mol. The molecule has 4 aromatic rings. The van der Waals surface area contributed by atoms with Crippen LogP contribution in [0.2, 0.25) is 0 Å². The molecule has 2 heterocycles. The van der Waals surface area contributed by atoms with Crippen molar-refractivity contribution < 1.29 is 26.7 Å². The molecule has 0 radical (unpaired) electrons. The number of benzene rings is 2. The van der Waals surface area contributed by atoms with E-state index in [2.05, 4.69) is 20.3 Å². The molecule has 0 saturated heterocycles. The van der Waals surface area contributed by atoms with Gasteiger partial charge in [0.2, 0.25) is 5.88 Å². The number of anilines is 1. The molecular formula is C23H17F5N4O. The van der Waals surface area contributed by atoms with Crippen molar-refractivity contribution in [3.8, 4) is 11.6 Å². The predicted octanol–water partition coefficient (Wildman–Crippen LogP) is 6.08. The minimum atomic E-state index is -4.49. The number of aromatic nitrogens is 3. The molecule has 2 aromatic carbocycles. The summed E-state index contributed by atoms with van der Waals surface area (Å²) >= 11 is 0. The molecule has 4 rings (SSSR count). The molecule has 170 valence electrons. The van der Waals surface area contributed by atoms with Crippen molar-refractivity contribution in [3.05, 3.63) is 83.3 Å². The zero-order chi connectivity index (χ0) is 23.6. The molecular weight excluding hydrogens is 443 g/mol. The molecule has 0 aliphatic heterocycles. The molecule has 33 heavy (non-hydrogen) atoms. The summed E-state index contributed by atoms with van der Waals surface area (Å²) in [5.74, 6) is -0.872. The topological polar surface area (TPSA) is 59.9 Å². The van der Waals surface area contributed by atoms with E-state index in [0.717, 1.165) is 42.4 Å². The van der Waals surface area contributed by atoms with Crippen molar-refractivity contribution in [2.75, 3.05) is 11.9 Å². The molecule has 0 atom stereocenters. The number of nitrogens with one attached hydrogen (secondary N) is 1. The Bertz CT molecular complexity index is 1310. The van der Waals surface area contributed by atoms with E-state index >= 15 is 0 Å². The van der Waals surface area contributed by atoms with Crippen molar-refractivity contribution in [1.82, 2.24) is 15.0 Å². The second kappa shape index (κ2) is 8.97. The minimum Gasteiger partial charge on any atom is -0.439 e. The number of nitrogens with zero attached hydrogens (tertiary/aromatic N) is 3. The molecule has 0 amide bonds. The van der Waals surface area contributed by atoms with Gasteiger partial charge in [0.1, 0.15) is 35.0 Å². The standard InChI is InChI=1S/C23H17F5N4O/c1-13-10-14(2-5-18(13)33-19-11-15(7-9-29-19)23(26,27)28)6-8-30-22-20-16(24)3-4-17(25)21(20)31-12-32-22/h2-5,7,9-12H,6,8H2,1H3,(H,30,31,32). The van der Waals surface area contributed by atoms with Crippen LogP contribution >= 0.6 is 0 Å². The molecule has 5 nitrogen and oxygen atoms in total. The summed E-state index contributed by atoms with van der Waals surface area (Å²) in [6.45, 7) is 2.13. The fourth-order valence-electron chi connectivity index (χ4n) is 3.30. The van der Waals surface area contributed by atoms with Gasteiger partial charge < -0.3 is 10.1 Å². The van der Waals surface area contributed by atoms with Gasteiger partial charge in [-0.3, -0.25) is 0 Å². The van der Waals surface area contributed by atoms with Crippen molar-refractivity contribution in [2.45, 2.75) is 19.5 Å². The number of ether oxygens (including phenoxy) is 1. The van der Waals surface area contributed by atoms with Gasteiger partial charge in [0.05, 0.1) is 10.9 Å². The zero-order valence-corrected chi connectivity index (χ0v) is 17.3.